The second-order valence-electron chi connectivity index (χ2n) is 8.19. The van der Waals surface area contributed by atoms with Gasteiger partial charge in [0.25, 0.3) is 5.91 Å². The first-order valence-corrected chi connectivity index (χ1v) is 12.5. The monoisotopic (exact) mass is 464 g/mol. The van der Waals surface area contributed by atoms with Gasteiger partial charge in [0.15, 0.2) is 0 Å². The number of carbonyl (C=O) groups is 1. The van der Waals surface area contributed by atoms with Crippen molar-refractivity contribution in [3.63, 3.8) is 0 Å². The number of carbonyl (C=O) groups excluding carboxylic acids is 1. The van der Waals surface area contributed by atoms with Gasteiger partial charge in [-0.15, -0.1) is 0 Å². The summed E-state index contributed by atoms with van der Waals surface area (Å²) in [6, 6.07) is 21.7. The van der Waals surface area contributed by atoms with E-state index in [1.165, 1.54) is 17.5 Å². The molecule has 1 amide bonds. The third-order valence-corrected chi connectivity index (χ3v) is 8.05. The van der Waals surface area contributed by atoms with Crippen LogP contribution in [0.5, 0.6) is 5.75 Å². The number of benzene rings is 3. The number of piperidine rings is 1. The number of rotatable bonds is 6. The van der Waals surface area contributed by atoms with Gasteiger partial charge in [0.05, 0.1) is 7.11 Å². The molecule has 1 saturated heterocycles. The second kappa shape index (κ2) is 9.77. The molecule has 1 atom stereocenters. The molecule has 7 heteroatoms. The molecule has 1 heterocycles. The van der Waals surface area contributed by atoms with E-state index in [2.05, 4.69) is 5.32 Å². The fraction of sp³-hybridized carbons (Fsp3) is 0.269. The summed E-state index contributed by atoms with van der Waals surface area (Å²) in [4.78, 5) is 13.2. The van der Waals surface area contributed by atoms with Crippen molar-refractivity contribution in [2.45, 2.75) is 37.1 Å². The van der Waals surface area contributed by atoms with Crippen LogP contribution in [0.2, 0.25) is 0 Å². The first-order chi connectivity index (χ1) is 15.9. The van der Waals surface area contributed by atoms with Crippen LogP contribution in [0.15, 0.2) is 77.7 Å². The molecule has 4 rings (SSSR count). The number of hydrogen-bond acceptors (Lipinski definition) is 4. The highest BCUT2D eigenvalue weighted by Crippen LogP contribution is 2.33. The number of ether oxygens (including phenoxy) is 1. The quantitative estimate of drug-likeness (QED) is 0.546. The fourth-order valence-electron chi connectivity index (χ4n) is 4.23. The lowest BCUT2D eigenvalue weighted by atomic mass is 10.0. The molecule has 33 heavy (non-hydrogen) atoms. The van der Waals surface area contributed by atoms with Crippen LogP contribution in [0.25, 0.3) is 11.1 Å². The van der Waals surface area contributed by atoms with E-state index >= 15 is 0 Å². The van der Waals surface area contributed by atoms with E-state index in [9.17, 15) is 13.2 Å². The Morgan fingerprint density at radius 2 is 1.73 bits per heavy atom. The number of methoxy groups -OCH3 is 1. The molecule has 0 bridgehead atoms. The van der Waals surface area contributed by atoms with Gasteiger partial charge in [-0.25, -0.2) is 8.42 Å². The van der Waals surface area contributed by atoms with Crippen molar-refractivity contribution >= 4 is 21.6 Å². The molecule has 1 aliphatic rings. The molecule has 0 aliphatic carbocycles. The zero-order valence-corrected chi connectivity index (χ0v) is 19.6. The van der Waals surface area contributed by atoms with E-state index in [1.54, 1.807) is 12.1 Å². The van der Waals surface area contributed by atoms with Crippen LogP contribution < -0.4 is 10.1 Å². The van der Waals surface area contributed by atoms with E-state index in [1.807, 2.05) is 61.5 Å². The Balaban J connectivity index is 1.67. The third kappa shape index (κ3) is 4.79. The summed E-state index contributed by atoms with van der Waals surface area (Å²) in [7, 11) is -2.37. The van der Waals surface area contributed by atoms with E-state index in [0.717, 1.165) is 30.4 Å². The van der Waals surface area contributed by atoms with Crippen molar-refractivity contribution in [3.05, 3.63) is 78.4 Å². The van der Waals surface area contributed by atoms with Crippen LogP contribution in [-0.4, -0.2) is 38.3 Å². The Bertz CT molecular complexity index is 1240. The van der Waals surface area contributed by atoms with E-state index in [0.29, 0.717) is 12.2 Å². The summed E-state index contributed by atoms with van der Waals surface area (Å²) < 4.78 is 33.8. The third-order valence-electron chi connectivity index (χ3n) is 6.01. The largest absolute Gasteiger partial charge is 0.495 e. The molecule has 0 aromatic heterocycles. The maximum Gasteiger partial charge on any atom is 0.255 e. The summed E-state index contributed by atoms with van der Waals surface area (Å²) >= 11 is 0. The molecule has 1 fully saturated rings. The molecular weight excluding hydrogens is 436 g/mol. The summed E-state index contributed by atoms with van der Waals surface area (Å²) in [5.41, 5.74) is 2.76. The predicted molar refractivity (Wildman–Crippen MR) is 130 cm³/mol. The van der Waals surface area contributed by atoms with Crippen molar-refractivity contribution in [2.24, 2.45) is 0 Å². The highest BCUT2D eigenvalue weighted by atomic mass is 32.2. The van der Waals surface area contributed by atoms with Gasteiger partial charge < -0.3 is 10.1 Å². The summed E-state index contributed by atoms with van der Waals surface area (Å²) in [6.07, 6.45) is 2.65. The topological polar surface area (TPSA) is 75.7 Å². The smallest absolute Gasteiger partial charge is 0.255 e. The number of anilines is 1. The molecule has 0 spiro atoms. The Morgan fingerprint density at radius 3 is 2.45 bits per heavy atom. The molecule has 172 valence electrons. The summed E-state index contributed by atoms with van der Waals surface area (Å²) in [5.74, 6) is -0.154. The molecule has 0 unspecified atom stereocenters. The highest BCUT2D eigenvalue weighted by molar-refractivity contribution is 7.89. The Hall–Kier alpha value is -3.16. The number of hydrogen-bond donors (Lipinski definition) is 1. The van der Waals surface area contributed by atoms with Gasteiger partial charge in [-0.2, -0.15) is 4.31 Å². The molecule has 1 aliphatic heterocycles. The van der Waals surface area contributed by atoms with Crippen molar-refractivity contribution in [3.8, 4) is 16.9 Å². The molecule has 1 N–H and O–H groups in total. The van der Waals surface area contributed by atoms with Crippen LogP contribution in [0, 0.1) is 0 Å². The zero-order valence-electron chi connectivity index (χ0n) is 18.8. The number of sulfonamides is 1. The maximum absolute atomic E-state index is 13.5. The van der Waals surface area contributed by atoms with E-state index in [4.69, 9.17) is 4.74 Å². The van der Waals surface area contributed by atoms with Crippen LogP contribution in [0.3, 0.4) is 0 Å². The molecule has 3 aromatic rings. The standard InChI is InChI=1S/C26H28N2O4S/c1-19-10-8-9-17-28(19)33(30,31)25-18-21(15-16-24(25)32-2)26(29)27-23-14-7-6-13-22(23)20-11-4-3-5-12-20/h3-7,11-16,18-19H,8-10,17H2,1-2H3,(H,27,29)/t19-/m1/s1. The predicted octanol–water partition coefficient (Wildman–Crippen LogP) is 5.18. The lowest BCUT2D eigenvalue weighted by Gasteiger charge is -2.32. The molecule has 0 saturated carbocycles. The lowest BCUT2D eigenvalue weighted by Crippen LogP contribution is -2.42. The number of nitrogens with one attached hydrogen (secondary N) is 1. The van der Waals surface area contributed by atoms with E-state index in [-0.39, 0.29) is 28.2 Å². The van der Waals surface area contributed by atoms with Gasteiger partial charge in [0, 0.05) is 29.4 Å². The van der Waals surface area contributed by atoms with Crippen LogP contribution >= 0.6 is 0 Å². The average Bonchev–Trinajstić information content (AvgIpc) is 2.84. The van der Waals surface area contributed by atoms with Gasteiger partial charge in [0.2, 0.25) is 10.0 Å². The molecule has 6 nitrogen and oxygen atoms in total. The highest BCUT2D eigenvalue weighted by Gasteiger charge is 2.33. The minimum absolute atomic E-state index is 0.0164. The average molecular weight is 465 g/mol. The zero-order chi connectivity index (χ0) is 23.4. The molecule has 0 radical (unpaired) electrons. The summed E-state index contributed by atoms with van der Waals surface area (Å²) in [5, 5.41) is 2.94. The second-order valence-corrected chi connectivity index (χ2v) is 10.1. The first kappa shape index (κ1) is 23.0. The Labute approximate surface area is 195 Å². The molecule has 3 aromatic carbocycles. The van der Waals surface area contributed by atoms with Crippen LogP contribution in [0.1, 0.15) is 36.5 Å². The Morgan fingerprint density at radius 1 is 1.00 bits per heavy atom. The van der Waals surface area contributed by atoms with Crippen molar-refractivity contribution in [2.75, 3.05) is 19.0 Å². The maximum atomic E-state index is 13.5. The minimum Gasteiger partial charge on any atom is -0.495 e. The van der Waals surface area contributed by atoms with E-state index < -0.39 is 10.0 Å². The van der Waals surface area contributed by atoms with Crippen molar-refractivity contribution in [1.82, 2.24) is 4.31 Å². The molecular formula is C26H28N2O4S. The SMILES string of the molecule is COc1ccc(C(=O)Nc2ccccc2-c2ccccc2)cc1S(=O)(=O)N1CCCC[C@H]1C. The number of amides is 1. The number of nitrogens with zero attached hydrogens (tertiary/aromatic N) is 1. The first-order valence-electron chi connectivity index (χ1n) is 11.1. The normalized spacial score (nSPS) is 16.8. The minimum atomic E-state index is -3.81. The Kier molecular flexibility index (Phi) is 6.81. The summed E-state index contributed by atoms with van der Waals surface area (Å²) in [6.45, 7) is 2.38. The lowest BCUT2D eigenvalue weighted by molar-refractivity contribution is 0.102. The van der Waals surface area contributed by atoms with Gasteiger partial charge in [-0.1, -0.05) is 55.0 Å². The van der Waals surface area contributed by atoms with Crippen LogP contribution in [0.4, 0.5) is 5.69 Å². The van der Waals surface area contributed by atoms with Gasteiger partial charge in [-0.3, -0.25) is 4.79 Å². The van der Waals surface area contributed by atoms with Crippen molar-refractivity contribution < 1.29 is 17.9 Å². The fourth-order valence-corrected chi connectivity index (χ4v) is 6.11. The number of para-hydroxylation sites is 1. The van der Waals surface area contributed by atoms with Crippen LogP contribution in [-0.2, 0) is 10.0 Å². The van der Waals surface area contributed by atoms with Gasteiger partial charge in [-0.05, 0) is 49.6 Å². The van der Waals surface area contributed by atoms with Gasteiger partial charge in [0.1, 0.15) is 10.6 Å². The van der Waals surface area contributed by atoms with Crippen molar-refractivity contribution in [1.29, 1.82) is 0 Å². The van der Waals surface area contributed by atoms with Gasteiger partial charge >= 0.3 is 0 Å².